The van der Waals surface area contributed by atoms with E-state index < -0.39 is 78.3 Å². The molecule has 7 rings (SSSR count). The van der Waals surface area contributed by atoms with Gasteiger partial charge in [0, 0.05) is 90.1 Å². The molecule has 0 spiro atoms. The first-order valence-electron chi connectivity index (χ1n) is 36.5. The van der Waals surface area contributed by atoms with Crippen LogP contribution in [0.2, 0.25) is 0 Å². The van der Waals surface area contributed by atoms with Gasteiger partial charge in [0.15, 0.2) is 0 Å². The molecule has 25 nitrogen and oxygen atoms in total. The SMILES string of the molecule is CCCC(C(=O)N1CCNCCN(C(=O)C(CCC)C(CCNC(=O)OCc2ccccc2)NC(=O)OCc2ccccc2)CCN(C(=O)C(CCC)C(CCNC(=O)OCc2ccccc2)NC(=O)OCc2ccccc2)CC1)C(CCNC(=O)OCc1ccccc1)NC(=O)OCc1ccccc1. The molecule has 0 aromatic heterocycles. The smallest absolute Gasteiger partial charge is 0.407 e. The normalized spacial score (nSPS) is 14.3. The first-order chi connectivity index (χ1) is 51.2. The van der Waals surface area contributed by atoms with Crippen LogP contribution in [-0.4, -0.2) is 159 Å². The molecule has 9 amide bonds. The monoisotopic (exact) mass is 1440 g/mol. The van der Waals surface area contributed by atoms with Crippen molar-refractivity contribution in [3.8, 4) is 0 Å². The molecule has 1 fully saturated rings. The number of hydrogen-bond acceptors (Lipinski definition) is 16. The van der Waals surface area contributed by atoms with Crippen molar-refractivity contribution in [3.63, 3.8) is 0 Å². The van der Waals surface area contributed by atoms with Crippen LogP contribution in [0, 0.1) is 17.8 Å². The third-order valence-electron chi connectivity index (χ3n) is 17.9. The summed E-state index contributed by atoms with van der Waals surface area (Å²) in [6.07, 6.45) is -1.84. The molecule has 7 N–H and O–H groups in total. The maximum absolute atomic E-state index is 16.1. The second kappa shape index (κ2) is 46.8. The molecule has 564 valence electrons. The molecule has 0 aliphatic carbocycles. The summed E-state index contributed by atoms with van der Waals surface area (Å²) in [7, 11) is 0. The summed E-state index contributed by atoms with van der Waals surface area (Å²) in [6, 6.07) is 52.3. The van der Waals surface area contributed by atoms with Crippen LogP contribution in [-0.2, 0) is 82.4 Å². The molecule has 0 bridgehead atoms. The summed E-state index contributed by atoms with van der Waals surface area (Å²) in [5.74, 6) is -3.79. The van der Waals surface area contributed by atoms with E-state index in [0.29, 0.717) is 32.1 Å². The fourth-order valence-electron chi connectivity index (χ4n) is 12.3. The number of benzene rings is 6. The van der Waals surface area contributed by atoms with Gasteiger partial charge < -0.3 is 80.3 Å². The minimum absolute atomic E-state index is 0.00290. The van der Waals surface area contributed by atoms with Crippen molar-refractivity contribution >= 4 is 54.3 Å². The van der Waals surface area contributed by atoms with E-state index in [-0.39, 0.29) is 149 Å². The predicted octanol–water partition coefficient (Wildman–Crippen LogP) is 11.2. The number of ether oxygens (including phenoxy) is 6. The van der Waals surface area contributed by atoms with Gasteiger partial charge in [-0.1, -0.05) is 222 Å². The van der Waals surface area contributed by atoms with Crippen LogP contribution in [0.3, 0.4) is 0 Å². The number of carbonyl (C=O) groups excluding carboxylic acids is 9. The Hall–Kier alpha value is -10.7. The van der Waals surface area contributed by atoms with Crippen molar-refractivity contribution in [2.24, 2.45) is 17.8 Å². The number of alkyl carbamates (subject to hydrolysis) is 6. The van der Waals surface area contributed by atoms with Crippen LogP contribution >= 0.6 is 0 Å². The van der Waals surface area contributed by atoms with Gasteiger partial charge in [-0.15, -0.1) is 0 Å². The minimum atomic E-state index is -0.963. The zero-order valence-electron chi connectivity index (χ0n) is 60.6. The van der Waals surface area contributed by atoms with E-state index in [0.717, 1.165) is 33.4 Å². The van der Waals surface area contributed by atoms with E-state index in [9.17, 15) is 28.8 Å². The molecule has 0 saturated carbocycles. The summed E-state index contributed by atoms with van der Waals surface area (Å²) in [5, 5.41) is 20.7. The Labute approximate surface area is 616 Å². The Morgan fingerprint density at radius 2 is 0.514 bits per heavy atom. The van der Waals surface area contributed by atoms with E-state index in [1.807, 2.05) is 203 Å². The largest absolute Gasteiger partial charge is 0.445 e. The van der Waals surface area contributed by atoms with Crippen molar-refractivity contribution in [1.29, 1.82) is 0 Å². The van der Waals surface area contributed by atoms with Gasteiger partial charge in [0.25, 0.3) is 0 Å². The second-order valence-corrected chi connectivity index (χ2v) is 25.7. The summed E-state index contributed by atoms with van der Waals surface area (Å²) >= 11 is 0. The van der Waals surface area contributed by atoms with E-state index in [4.69, 9.17) is 28.4 Å². The molecular weight excluding hydrogens is 1340 g/mol. The standard InChI is InChI=1S/C80H104N10O15/c1-4-25-66(69(85-78(97)103-57-63-34-19-10-20-35-63)40-43-82-75(94)100-54-60-28-13-7-14-29-60)72(91)88-48-46-81-47-49-89(73(92)67(26-5-2)70(86-79(98)104-58-64-36-21-11-22-37-64)41-44-83-76(95)101-55-61-30-15-8-16-31-61)51-53-90(52-50-88)74(93)68(27-6-3)71(87-80(99)105-59-65-38-23-12-24-39-65)42-45-84-77(96)102-56-62-32-17-9-18-33-62/h7-24,28-39,66-71,81H,4-6,25-27,40-59H2,1-3H3,(H,82,94)(H,83,95)(H,84,96)(H,85,97)(H,86,98)(H,87,99). The lowest BCUT2D eigenvalue weighted by Gasteiger charge is -2.38. The van der Waals surface area contributed by atoms with Gasteiger partial charge in [-0.25, -0.2) is 28.8 Å². The zero-order chi connectivity index (χ0) is 74.6. The van der Waals surface area contributed by atoms with Crippen molar-refractivity contribution < 1.29 is 71.6 Å². The van der Waals surface area contributed by atoms with Crippen LogP contribution in [0.5, 0.6) is 0 Å². The third-order valence-corrected chi connectivity index (χ3v) is 17.9. The van der Waals surface area contributed by atoms with Crippen LogP contribution < -0.4 is 37.2 Å². The Morgan fingerprint density at radius 3 is 0.733 bits per heavy atom. The molecule has 0 radical (unpaired) electrons. The average molecular weight is 1450 g/mol. The highest BCUT2D eigenvalue weighted by molar-refractivity contribution is 5.83. The van der Waals surface area contributed by atoms with E-state index in [1.54, 1.807) is 14.7 Å². The molecule has 1 aliphatic rings. The van der Waals surface area contributed by atoms with Crippen LogP contribution in [0.1, 0.15) is 112 Å². The van der Waals surface area contributed by atoms with Crippen molar-refractivity contribution in [2.75, 3.05) is 72.0 Å². The highest BCUT2D eigenvalue weighted by Crippen LogP contribution is 2.24. The molecule has 6 aromatic rings. The molecule has 6 atom stereocenters. The number of rotatable bonds is 36. The summed E-state index contributed by atoms with van der Waals surface area (Å²) in [4.78, 5) is 134. The lowest BCUT2D eigenvalue weighted by atomic mass is 9.90. The summed E-state index contributed by atoms with van der Waals surface area (Å²) in [6.45, 7) is 6.11. The van der Waals surface area contributed by atoms with Crippen molar-refractivity contribution in [3.05, 3.63) is 215 Å². The minimum Gasteiger partial charge on any atom is -0.445 e. The number of nitrogens with one attached hydrogen (secondary N) is 7. The quantitative estimate of drug-likeness (QED) is 0.0180. The van der Waals surface area contributed by atoms with Gasteiger partial charge in [0.2, 0.25) is 17.7 Å². The van der Waals surface area contributed by atoms with Crippen LogP contribution in [0.15, 0.2) is 182 Å². The Morgan fingerprint density at radius 1 is 0.305 bits per heavy atom. The lowest BCUT2D eigenvalue weighted by molar-refractivity contribution is -0.142. The van der Waals surface area contributed by atoms with Gasteiger partial charge in [-0.3, -0.25) is 14.4 Å². The maximum Gasteiger partial charge on any atom is 0.407 e. The Bertz CT molecular complexity index is 3400. The Kier molecular flexibility index (Phi) is 36.4. The molecule has 6 aromatic carbocycles. The molecule has 25 heteroatoms. The third kappa shape index (κ3) is 30.3. The lowest BCUT2D eigenvalue weighted by Crippen LogP contribution is -2.56. The van der Waals surface area contributed by atoms with Gasteiger partial charge in [0.05, 0.1) is 17.8 Å². The van der Waals surface area contributed by atoms with Crippen molar-refractivity contribution in [1.82, 2.24) is 51.9 Å². The van der Waals surface area contributed by atoms with E-state index >= 15 is 14.4 Å². The number of amides is 9. The summed E-state index contributed by atoms with van der Waals surface area (Å²) in [5.41, 5.74) is 4.57. The number of hydrogen-bond donors (Lipinski definition) is 7. The first-order valence-corrected chi connectivity index (χ1v) is 36.5. The molecule has 6 unspecified atom stereocenters. The first kappa shape index (κ1) is 81.6. The molecule has 1 aliphatic heterocycles. The Balaban J connectivity index is 1.19. The highest BCUT2D eigenvalue weighted by Gasteiger charge is 2.38. The van der Waals surface area contributed by atoms with Gasteiger partial charge in [-0.05, 0) is 71.9 Å². The molecule has 1 heterocycles. The molecule has 105 heavy (non-hydrogen) atoms. The van der Waals surface area contributed by atoms with Gasteiger partial charge in [0.1, 0.15) is 39.6 Å². The van der Waals surface area contributed by atoms with Gasteiger partial charge in [-0.2, -0.15) is 0 Å². The van der Waals surface area contributed by atoms with Crippen molar-refractivity contribution in [2.45, 2.75) is 136 Å². The van der Waals surface area contributed by atoms with Crippen LogP contribution in [0.4, 0.5) is 28.8 Å². The van der Waals surface area contributed by atoms with Crippen LogP contribution in [0.25, 0.3) is 0 Å². The maximum atomic E-state index is 16.1. The number of carbonyl (C=O) groups is 9. The van der Waals surface area contributed by atoms with E-state index in [2.05, 4.69) is 37.2 Å². The van der Waals surface area contributed by atoms with Gasteiger partial charge >= 0.3 is 36.6 Å². The highest BCUT2D eigenvalue weighted by atomic mass is 16.6. The molecule has 1 saturated heterocycles. The summed E-state index contributed by atoms with van der Waals surface area (Å²) < 4.78 is 33.8. The average Bonchev–Trinajstić information content (AvgIpc) is 0.858. The predicted molar refractivity (Wildman–Crippen MR) is 396 cm³/mol. The topological polar surface area (TPSA) is 303 Å². The fraction of sp³-hybridized carbons (Fsp3) is 0.438. The second-order valence-electron chi connectivity index (χ2n) is 25.7. The molecular formula is C80H104N10O15. The van der Waals surface area contributed by atoms with E-state index in [1.165, 1.54) is 0 Å². The number of nitrogens with zero attached hydrogens (tertiary/aromatic N) is 3. The zero-order valence-corrected chi connectivity index (χ0v) is 60.6. The fourth-order valence-corrected chi connectivity index (χ4v) is 12.3.